The summed E-state index contributed by atoms with van der Waals surface area (Å²) >= 11 is 2.55. The van der Waals surface area contributed by atoms with Gasteiger partial charge in [-0.2, -0.15) is 0 Å². The molecule has 0 fully saturated rings. The second kappa shape index (κ2) is 11.6. The summed E-state index contributed by atoms with van der Waals surface area (Å²) in [4.78, 5) is 40.6. The number of pyridine rings is 1. The second-order valence-corrected chi connectivity index (χ2v) is 9.52. The number of nitrogens with one attached hydrogen (secondary N) is 1. The van der Waals surface area contributed by atoms with Crippen molar-refractivity contribution in [3.8, 4) is 11.4 Å². The molecule has 184 valence electrons. The number of thioether (sulfide) groups is 1. The maximum absolute atomic E-state index is 13.7. The summed E-state index contributed by atoms with van der Waals surface area (Å²) in [5, 5.41) is 10.1. The molecule has 0 bridgehead atoms. The summed E-state index contributed by atoms with van der Waals surface area (Å²) in [6.45, 7) is -0.0711. The van der Waals surface area contributed by atoms with Crippen LogP contribution in [0.4, 0.5) is 16.5 Å². The highest BCUT2D eigenvalue weighted by molar-refractivity contribution is 7.99. The van der Waals surface area contributed by atoms with Crippen molar-refractivity contribution in [3.05, 3.63) is 96.8 Å². The monoisotopic (exact) mass is 527 g/mol. The van der Waals surface area contributed by atoms with Gasteiger partial charge < -0.3 is 5.32 Å². The number of carbonyl (C=O) groups is 2. The van der Waals surface area contributed by atoms with Crippen molar-refractivity contribution in [2.24, 2.45) is 0 Å². The largest absolute Gasteiger partial charge is 0.301 e. The molecule has 3 heterocycles. The fourth-order valence-corrected chi connectivity index (χ4v) is 4.80. The van der Waals surface area contributed by atoms with Crippen molar-refractivity contribution < 1.29 is 9.59 Å². The highest BCUT2D eigenvalue weighted by atomic mass is 32.2. The standard InChI is InChI=1S/C26H21N7O2S2/c34-22(29-25-28-15-16-36-25)18-37-26-30-24(19-11-13-27-14-12-19)31-32(26)17-23(35)33(20-7-3-1-4-8-20)21-9-5-2-6-10-21/h1-16H,17-18H2,(H,28,29,34). The number of carbonyl (C=O) groups excluding carboxylic acids is 2. The minimum Gasteiger partial charge on any atom is -0.301 e. The summed E-state index contributed by atoms with van der Waals surface area (Å²) in [5.41, 5.74) is 2.24. The molecule has 11 heteroatoms. The summed E-state index contributed by atoms with van der Waals surface area (Å²) in [6, 6.07) is 22.5. The van der Waals surface area contributed by atoms with Gasteiger partial charge in [-0.1, -0.05) is 48.2 Å². The molecule has 0 aliphatic rings. The van der Waals surface area contributed by atoms with E-state index in [4.69, 9.17) is 0 Å². The van der Waals surface area contributed by atoms with E-state index >= 15 is 0 Å². The molecule has 1 N–H and O–H groups in total. The highest BCUT2D eigenvalue weighted by Gasteiger charge is 2.22. The third kappa shape index (κ3) is 6.08. The number of nitrogens with zero attached hydrogens (tertiary/aromatic N) is 6. The first-order valence-corrected chi connectivity index (χ1v) is 13.1. The third-order valence-electron chi connectivity index (χ3n) is 5.15. The summed E-state index contributed by atoms with van der Waals surface area (Å²) in [7, 11) is 0. The first-order valence-electron chi connectivity index (χ1n) is 11.3. The lowest BCUT2D eigenvalue weighted by atomic mass is 10.2. The molecule has 2 aromatic carbocycles. The van der Waals surface area contributed by atoms with Crippen LogP contribution < -0.4 is 10.2 Å². The van der Waals surface area contributed by atoms with E-state index in [1.807, 2.05) is 60.7 Å². The van der Waals surface area contributed by atoms with Crippen LogP contribution in [0.5, 0.6) is 0 Å². The van der Waals surface area contributed by atoms with Crippen molar-refractivity contribution in [2.45, 2.75) is 11.7 Å². The van der Waals surface area contributed by atoms with Gasteiger partial charge in [0.2, 0.25) is 5.91 Å². The van der Waals surface area contributed by atoms with Crippen molar-refractivity contribution in [2.75, 3.05) is 16.0 Å². The van der Waals surface area contributed by atoms with Crippen LogP contribution in [0.15, 0.2) is 102 Å². The minimum absolute atomic E-state index is 0.0711. The van der Waals surface area contributed by atoms with Gasteiger partial charge in [-0.25, -0.2) is 14.6 Å². The molecule has 0 spiro atoms. The molecule has 0 aliphatic heterocycles. The smallest absolute Gasteiger partial charge is 0.253 e. The molecule has 2 amide bonds. The first kappa shape index (κ1) is 24.3. The average Bonchev–Trinajstić information content (AvgIpc) is 3.59. The number of hydrogen-bond acceptors (Lipinski definition) is 8. The Morgan fingerprint density at radius 2 is 1.59 bits per heavy atom. The van der Waals surface area contributed by atoms with Gasteiger partial charge in [0, 0.05) is 40.9 Å². The van der Waals surface area contributed by atoms with Crippen molar-refractivity contribution in [3.63, 3.8) is 0 Å². The van der Waals surface area contributed by atoms with Crippen LogP contribution in [-0.4, -0.2) is 42.3 Å². The van der Waals surface area contributed by atoms with Gasteiger partial charge in [0.15, 0.2) is 16.1 Å². The molecule has 37 heavy (non-hydrogen) atoms. The number of amides is 2. The Kier molecular flexibility index (Phi) is 7.63. The number of rotatable bonds is 9. The van der Waals surface area contributed by atoms with Crippen LogP contribution in [0.25, 0.3) is 11.4 Å². The second-order valence-electron chi connectivity index (χ2n) is 7.69. The summed E-state index contributed by atoms with van der Waals surface area (Å²) < 4.78 is 1.54. The Labute approximate surface area is 221 Å². The molecule has 0 saturated carbocycles. The van der Waals surface area contributed by atoms with Crippen LogP contribution in [-0.2, 0) is 16.1 Å². The number of anilines is 3. The van der Waals surface area contributed by atoms with E-state index in [0.29, 0.717) is 16.1 Å². The molecular weight excluding hydrogens is 506 g/mol. The topological polar surface area (TPSA) is 106 Å². The van der Waals surface area contributed by atoms with Crippen LogP contribution in [0.2, 0.25) is 0 Å². The van der Waals surface area contributed by atoms with Gasteiger partial charge in [-0.15, -0.1) is 16.4 Å². The highest BCUT2D eigenvalue weighted by Crippen LogP contribution is 2.27. The molecule has 5 aromatic rings. The SMILES string of the molecule is O=C(CSc1nc(-c2ccncc2)nn1CC(=O)N(c1ccccc1)c1ccccc1)Nc1nccs1. The fraction of sp³-hybridized carbons (Fsp3) is 0.0769. The van der Waals surface area contributed by atoms with Crippen LogP contribution in [0, 0.1) is 0 Å². The zero-order valence-corrected chi connectivity index (χ0v) is 21.1. The van der Waals surface area contributed by atoms with Gasteiger partial charge in [0.1, 0.15) is 6.54 Å². The summed E-state index contributed by atoms with van der Waals surface area (Å²) in [6.07, 6.45) is 4.94. The van der Waals surface area contributed by atoms with Gasteiger partial charge >= 0.3 is 0 Å². The van der Waals surface area contributed by atoms with Gasteiger partial charge in [0.25, 0.3) is 5.91 Å². The number of aromatic nitrogens is 5. The van der Waals surface area contributed by atoms with Crippen LogP contribution >= 0.6 is 23.1 Å². The number of para-hydroxylation sites is 2. The number of thiazole rings is 1. The zero-order chi connectivity index (χ0) is 25.5. The van der Waals surface area contributed by atoms with E-state index in [2.05, 4.69) is 25.4 Å². The molecule has 0 atom stereocenters. The van der Waals surface area contributed by atoms with Gasteiger partial charge in [-0.3, -0.25) is 19.5 Å². The van der Waals surface area contributed by atoms with E-state index in [1.54, 1.807) is 41.0 Å². The fourth-order valence-electron chi connectivity index (χ4n) is 3.52. The Bertz CT molecular complexity index is 1420. The van der Waals surface area contributed by atoms with E-state index in [1.165, 1.54) is 27.8 Å². The Hall–Kier alpha value is -4.35. The van der Waals surface area contributed by atoms with Crippen molar-refractivity contribution in [1.82, 2.24) is 24.7 Å². The molecule has 0 unspecified atom stereocenters. The van der Waals surface area contributed by atoms with E-state index < -0.39 is 0 Å². The van der Waals surface area contributed by atoms with Crippen LogP contribution in [0.3, 0.4) is 0 Å². The molecule has 0 radical (unpaired) electrons. The van der Waals surface area contributed by atoms with Crippen LogP contribution in [0.1, 0.15) is 0 Å². The lowest BCUT2D eigenvalue weighted by Crippen LogP contribution is -2.30. The number of hydrogen-bond donors (Lipinski definition) is 1. The molecular formula is C26H21N7O2S2. The van der Waals surface area contributed by atoms with Gasteiger partial charge in [-0.05, 0) is 36.4 Å². The number of benzene rings is 2. The molecule has 5 rings (SSSR count). The molecule has 3 aromatic heterocycles. The van der Waals surface area contributed by atoms with Crippen molar-refractivity contribution >= 4 is 51.4 Å². The Morgan fingerprint density at radius 1 is 0.919 bits per heavy atom. The maximum atomic E-state index is 13.7. The Balaban J connectivity index is 1.42. The molecule has 0 saturated heterocycles. The van der Waals surface area contributed by atoms with Crippen molar-refractivity contribution in [1.29, 1.82) is 0 Å². The molecule has 0 aliphatic carbocycles. The lowest BCUT2D eigenvalue weighted by molar-refractivity contribution is -0.118. The first-order chi connectivity index (χ1) is 18.2. The quantitative estimate of drug-likeness (QED) is 0.272. The normalized spacial score (nSPS) is 10.7. The van der Waals surface area contributed by atoms with E-state index in [0.717, 1.165) is 16.9 Å². The van der Waals surface area contributed by atoms with Gasteiger partial charge in [0.05, 0.1) is 5.75 Å². The van der Waals surface area contributed by atoms with E-state index in [9.17, 15) is 9.59 Å². The predicted molar refractivity (Wildman–Crippen MR) is 145 cm³/mol. The Morgan fingerprint density at radius 3 is 2.22 bits per heavy atom. The maximum Gasteiger partial charge on any atom is 0.253 e. The van der Waals surface area contributed by atoms with E-state index in [-0.39, 0.29) is 24.1 Å². The lowest BCUT2D eigenvalue weighted by Gasteiger charge is -2.23. The zero-order valence-electron chi connectivity index (χ0n) is 19.5. The third-order valence-corrected chi connectivity index (χ3v) is 6.81. The molecule has 9 nitrogen and oxygen atoms in total. The minimum atomic E-state index is -0.221. The predicted octanol–water partition coefficient (Wildman–Crippen LogP) is 4.89. The average molecular weight is 528 g/mol. The summed E-state index contributed by atoms with van der Waals surface area (Å²) in [5.74, 6) is 0.117.